The van der Waals surface area contributed by atoms with E-state index in [0.29, 0.717) is 12.0 Å². The fraction of sp³-hybridized carbons (Fsp3) is 0.833. The zero-order valence-electron chi connectivity index (χ0n) is 4.74. The molecule has 4 fully saturated rings. The molecule has 0 aromatic heterocycles. The van der Waals surface area contributed by atoms with E-state index in [-0.39, 0.29) is 6.04 Å². The molecule has 0 aromatic carbocycles. The molecule has 2 N–H and O–H groups in total. The standard InChI is InChI=1S/C6H7NO2/c8-6(9)5-3-1-2(3)4(1)7-5/h1-5,7H,(H,8,9)/t1-,2?,3-,4?,5-/m0/s1. The van der Waals surface area contributed by atoms with Crippen molar-refractivity contribution in [1.29, 1.82) is 0 Å². The van der Waals surface area contributed by atoms with Crippen LogP contribution >= 0.6 is 0 Å². The molecule has 4 aliphatic rings. The van der Waals surface area contributed by atoms with Gasteiger partial charge in [-0.3, -0.25) is 4.79 Å². The number of hydrogen-bond acceptors (Lipinski definition) is 2. The van der Waals surface area contributed by atoms with Crippen LogP contribution in [0.3, 0.4) is 0 Å². The average molecular weight is 125 g/mol. The normalized spacial score (nSPS) is 65.1. The van der Waals surface area contributed by atoms with Gasteiger partial charge in [0.1, 0.15) is 6.04 Å². The highest BCUT2D eigenvalue weighted by Gasteiger charge is 2.82. The second-order valence-electron chi connectivity index (χ2n) is 3.24. The van der Waals surface area contributed by atoms with Crippen molar-refractivity contribution >= 4 is 5.97 Å². The Morgan fingerprint density at radius 2 is 2.00 bits per heavy atom. The van der Waals surface area contributed by atoms with Gasteiger partial charge in [-0.05, 0) is 17.8 Å². The van der Waals surface area contributed by atoms with Gasteiger partial charge in [-0.1, -0.05) is 0 Å². The van der Waals surface area contributed by atoms with Crippen molar-refractivity contribution < 1.29 is 9.90 Å². The first kappa shape index (κ1) is 4.28. The number of fused-ring (bicyclic) bond motifs is 1. The number of carbonyl (C=O) groups is 1. The van der Waals surface area contributed by atoms with E-state index in [2.05, 4.69) is 5.32 Å². The third-order valence-corrected chi connectivity index (χ3v) is 2.90. The SMILES string of the molecule is O=C(O)[C@H]1NC2C3[C@H]2[C@@H]31. The quantitative estimate of drug-likeness (QED) is 0.486. The van der Waals surface area contributed by atoms with Gasteiger partial charge in [0.25, 0.3) is 0 Å². The molecule has 2 bridgehead atoms. The summed E-state index contributed by atoms with van der Waals surface area (Å²) < 4.78 is 0. The van der Waals surface area contributed by atoms with E-state index in [9.17, 15) is 4.79 Å². The van der Waals surface area contributed by atoms with Gasteiger partial charge in [0.2, 0.25) is 0 Å². The third-order valence-electron chi connectivity index (χ3n) is 2.90. The van der Waals surface area contributed by atoms with Gasteiger partial charge in [0.05, 0.1) is 0 Å². The molecule has 2 aliphatic heterocycles. The van der Waals surface area contributed by atoms with E-state index < -0.39 is 5.97 Å². The molecule has 2 saturated carbocycles. The van der Waals surface area contributed by atoms with Crippen molar-refractivity contribution in [3.05, 3.63) is 0 Å². The van der Waals surface area contributed by atoms with Gasteiger partial charge in [0.15, 0.2) is 0 Å². The van der Waals surface area contributed by atoms with Crippen LogP contribution in [0.15, 0.2) is 0 Å². The summed E-state index contributed by atoms with van der Waals surface area (Å²) in [5.74, 6) is 1.40. The zero-order chi connectivity index (χ0) is 6.17. The summed E-state index contributed by atoms with van der Waals surface area (Å²) in [6.07, 6.45) is 0. The van der Waals surface area contributed by atoms with E-state index in [0.717, 1.165) is 11.8 Å². The van der Waals surface area contributed by atoms with Crippen molar-refractivity contribution in [3.63, 3.8) is 0 Å². The van der Waals surface area contributed by atoms with Crippen LogP contribution in [0, 0.1) is 17.8 Å². The second kappa shape index (κ2) is 0.904. The topological polar surface area (TPSA) is 49.3 Å². The minimum atomic E-state index is -0.660. The molecule has 9 heavy (non-hydrogen) atoms. The number of piperidine rings is 1. The maximum absolute atomic E-state index is 10.4. The van der Waals surface area contributed by atoms with Crippen molar-refractivity contribution in [2.75, 3.05) is 0 Å². The van der Waals surface area contributed by atoms with Crippen LogP contribution in [-0.4, -0.2) is 23.2 Å². The van der Waals surface area contributed by atoms with Crippen LogP contribution in [0.1, 0.15) is 0 Å². The Morgan fingerprint density at radius 1 is 1.33 bits per heavy atom. The monoisotopic (exact) mass is 125 g/mol. The fourth-order valence-electron chi connectivity index (χ4n) is 2.30. The first-order chi connectivity index (χ1) is 4.30. The number of nitrogens with one attached hydrogen (secondary N) is 1. The van der Waals surface area contributed by atoms with E-state index in [1.807, 2.05) is 0 Å². The van der Waals surface area contributed by atoms with Gasteiger partial charge < -0.3 is 10.4 Å². The van der Waals surface area contributed by atoms with Gasteiger partial charge in [0, 0.05) is 6.04 Å². The minimum absolute atomic E-state index is 0.190. The largest absolute Gasteiger partial charge is 0.480 e. The van der Waals surface area contributed by atoms with Crippen LogP contribution in [-0.2, 0) is 4.79 Å². The van der Waals surface area contributed by atoms with E-state index in [1.54, 1.807) is 0 Å². The van der Waals surface area contributed by atoms with Crippen LogP contribution in [0.2, 0.25) is 0 Å². The number of carboxylic acids is 1. The first-order valence-electron chi connectivity index (χ1n) is 3.29. The zero-order valence-corrected chi connectivity index (χ0v) is 4.74. The van der Waals surface area contributed by atoms with Crippen LogP contribution < -0.4 is 5.32 Å². The van der Waals surface area contributed by atoms with Crippen molar-refractivity contribution in [1.82, 2.24) is 5.32 Å². The van der Waals surface area contributed by atoms with Gasteiger partial charge in [-0.2, -0.15) is 0 Å². The Balaban J connectivity index is 1.89. The molecule has 2 saturated heterocycles. The molecular formula is C6H7NO2. The van der Waals surface area contributed by atoms with E-state index in [4.69, 9.17) is 5.11 Å². The molecule has 3 heteroatoms. The molecule has 0 aromatic rings. The highest BCUT2D eigenvalue weighted by Crippen LogP contribution is 2.73. The lowest BCUT2D eigenvalue weighted by molar-refractivity contribution is -0.139. The minimum Gasteiger partial charge on any atom is -0.480 e. The summed E-state index contributed by atoms with van der Waals surface area (Å²) in [6.45, 7) is 0. The molecule has 2 unspecified atom stereocenters. The Hall–Kier alpha value is -0.570. The lowest BCUT2D eigenvalue weighted by Crippen LogP contribution is -2.30. The lowest BCUT2D eigenvalue weighted by atomic mass is 10.1. The maximum Gasteiger partial charge on any atom is 0.321 e. The molecule has 2 aliphatic carbocycles. The average Bonchev–Trinajstić information content (AvgIpc) is 2.57. The molecule has 3 nitrogen and oxygen atoms in total. The predicted octanol–water partition coefficient (Wildman–Crippen LogP) is -0.713. The lowest BCUT2D eigenvalue weighted by Gasteiger charge is -1.99. The van der Waals surface area contributed by atoms with Crippen molar-refractivity contribution in [3.8, 4) is 0 Å². The second-order valence-corrected chi connectivity index (χ2v) is 3.24. The molecule has 2 heterocycles. The van der Waals surface area contributed by atoms with Crippen LogP contribution in [0.25, 0.3) is 0 Å². The highest BCUT2D eigenvalue weighted by atomic mass is 16.4. The summed E-state index contributed by atoms with van der Waals surface area (Å²) in [6, 6.07) is 0.418. The summed E-state index contributed by atoms with van der Waals surface area (Å²) in [7, 11) is 0. The Bertz CT molecular complexity index is 186. The highest BCUT2D eigenvalue weighted by molar-refractivity contribution is 5.77. The molecule has 0 spiro atoms. The Labute approximate surface area is 52.1 Å². The number of aliphatic carboxylic acids is 1. The fourth-order valence-corrected chi connectivity index (χ4v) is 2.30. The van der Waals surface area contributed by atoms with Crippen molar-refractivity contribution in [2.45, 2.75) is 12.1 Å². The molecular weight excluding hydrogens is 118 g/mol. The molecule has 48 valence electrons. The van der Waals surface area contributed by atoms with Gasteiger partial charge in [-0.25, -0.2) is 0 Å². The number of rotatable bonds is 1. The van der Waals surface area contributed by atoms with Gasteiger partial charge in [-0.15, -0.1) is 0 Å². The van der Waals surface area contributed by atoms with Crippen molar-refractivity contribution in [2.24, 2.45) is 17.8 Å². The first-order valence-corrected chi connectivity index (χ1v) is 3.29. The summed E-state index contributed by atoms with van der Waals surface area (Å²) >= 11 is 0. The van der Waals surface area contributed by atoms with Gasteiger partial charge >= 0.3 is 5.97 Å². The molecule has 0 radical (unpaired) electrons. The van der Waals surface area contributed by atoms with E-state index in [1.165, 1.54) is 0 Å². The smallest absolute Gasteiger partial charge is 0.321 e. The third kappa shape index (κ3) is 0.291. The Kier molecular flexibility index (Phi) is 0.430. The van der Waals surface area contributed by atoms with E-state index >= 15 is 0 Å². The Morgan fingerprint density at radius 3 is 2.22 bits per heavy atom. The molecule has 4 rings (SSSR count). The van der Waals surface area contributed by atoms with Crippen LogP contribution in [0.5, 0.6) is 0 Å². The predicted molar refractivity (Wildman–Crippen MR) is 28.8 cm³/mol. The number of carboxylic acid groups (broad SMARTS) is 1. The molecule has 5 atom stereocenters. The summed E-state index contributed by atoms with van der Waals surface area (Å²) in [4.78, 5) is 10.4. The summed E-state index contributed by atoms with van der Waals surface area (Å²) in [5.41, 5.74) is 0. The summed E-state index contributed by atoms with van der Waals surface area (Å²) in [5, 5.41) is 11.6. The maximum atomic E-state index is 10.4. The van der Waals surface area contributed by atoms with Crippen LogP contribution in [0.4, 0.5) is 0 Å². The molecule has 0 amide bonds. The number of hydrogen-bond donors (Lipinski definition) is 2.